The molecule has 106 valence electrons. The van der Waals surface area contributed by atoms with Gasteiger partial charge in [0.25, 0.3) is 0 Å². The zero-order valence-electron chi connectivity index (χ0n) is 12.5. The highest BCUT2D eigenvalue weighted by molar-refractivity contribution is 5.48. The van der Waals surface area contributed by atoms with E-state index in [2.05, 4.69) is 37.3 Å². The average Bonchev–Trinajstić information content (AvgIpc) is 2.87. The number of rotatable bonds is 3. The van der Waals surface area contributed by atoms with Gasteiger partial charge in [-0.05, 0) is 48.9 Å². The lowest BCUT2D eigenvalue weighted by atomic mass is 9.77. The molecule has 0 N–H and O–H groups in total. The second-order valence-corrected chi connectivity index (χ2v) is 5.84. The van der Waals surface area contributed by atoms with Crippen LogP contribution < -0.4 is 4.74 Å². The van der Waals surface area contributed by atoms with Crippen molar-refractivity contribution in [1.29, 1.82) is 5.26 Å². The fraction of sp³-hybridized carbons (Fsp3) is 0.316. The van der Waals surface area contributed by atoms with Gasteiger partial charge >= 0.3 is 0 Å². The minimum atomic E-state index is -0.419. The molecule has 1 aliphatic carbocycles. The van der Waals surface area contributed by atoms with E-state index in [1.807, 2.05) is 18.2 Å². The molecule has 0 spiro atoms. The molecule has 0 bridgehead atoms. The van der Waals surface area contributed by atoms with Crippen molar-refractivity contribution in [3.63, 3.8) is 0 Å². The van der Waals surface area contributed by atoms with Gasteiger partial charge in [-0.2, -0.15) is 5.26 Å². The van der Waals surface area contributed by atoms with Crippen LogP contribution in [0.15, 0.2) is 42.5 Å². The molecule has 2 aromatic rings. The maximum Gasteiger partial charge on any atom is 0.122 e. The summed E-state index contributed by atoms with van der Waals surface area (Å²) in [4.78, 5) is 0. The van der Waals surface area contributed by atoms with Crippen molar-refractivity contribution in [3.8, 4) is 11.8 Å². The smallest absolute Gasteiger partial charge is 0.122 e. The zero-order valence-corrected chi connectivity index (χ0v) is 12.5. The Morgan fingerprint density at radius 3 is 2.81 bits per heavy atom. The van der Waals surface area contributed by atoms with E-state index in [1.165, 1.54) is 16.7 Å². The lowest BCUT2D eigenvalue weighted by Crippen LogP contribution is -2.24. The van der Waals surface area contributed by atoms with Crippen LogP contribution in [-0.4, -0.2) is 7.11 Å². The van der Waals surface area contributed by atoms with Crippen molar-refractivity contribution in [3.05, 3.63) is 64.7 Å². The molecule has 0 heterocycles. The quantitative estimate of drug-likeness (QED) is 0.851. The lowest BCUT2D eigenvalue weighted by Gasteiger charge is -2.23. The number of hydrogen-bond acceptors (Lipinski definition) is 2. The Bertz CT molecular complexity index is 714. The fourth-order valence-corrected chi connectivity index (χ4v) is 3.40. The second-order valence-electron chi connectivity index (χ2n) is 5.84. The molecule has 0 saturated carbocycles. The third-order valence-electron chi connectivity index (χ3n) is 4.50. The third-order valence-corrected chi connectivity index (χ3v) is 4.50. The largest absolute Gasteiger partial charge is 0.496 e. The number of nitrogens with zero attached hydrogens (tertiary/aromatic N) is 1. The second kappa shape index (κ2) is 5.26. The predicted molar refractivity (Wildman–Crippen MR) is 83.5 cm³/mol. The molecule has 0 fully saturated rings. The Hall–Kier alpha value is -2.27. The van der Waals surface area contributed by atoms with Gasteiger partial charge in [0.1, 0.15) is 5.75 Å². The van der Waals surface area contributed by atoms with Gasteiger partial charge < -0.3 is 4.74 Å². The lowest BCUT2D eigenvalue weighted by molar-refractivity contribution is 0.404. The van der Waals surface area contributed by atoms with Crippen LogP contribution in [0, 0.1) is 18.3 Å². The van der Waals surface area contributed by atoms with E-state index >= 15 is 0 Å². The van der Waals surface area contributed by atoms with Crippen LogP contribution in [0.4, 0.5) is 0 Å². The molecule has 2 aromatic carbocycles. The first-order valence-corrected chi connectivity index (χ1v) is 7.32. The number of nitriles is 1. The minimum Gasteiger partial charge on any atom is -0.496 e. The minimum absolute atomic E-state index is 0.419. The number of aryl methyl sites for hydroxylation is 2. The maximum absolute atomic E-state index is 9.87. The number of methoxy groups -OCH3 is 1. The van der Waals surface area contributed by atoms with Crippen molar-refractivity contribution >= 4 is 0 Å². The highest BCUT2D eigenvalue weighted by Crippen LogP contribution is 2.42. The Morgan fingerprint density at radius 1 is 1.24 bits per heavy atom. The summed E-state index contributed by atoms with van der Waals surface area (Å²) in [7, 11) is 1.69. The standard InChI is InChI=1S/C19H19NO/c1-14-7-8-18(21-2)16(11-14)12-19(13-20)10-9-15-5-3-4-6-17(15)19/h3-8,11H,9-10,12H2,1-2H3. The van der Waals surface area contributed by atoms with Crippen LogP contribution in [-0.2, 0) is 18.3 Å². The molecule has 0 saturated heterocycles. The van der Waals surface area contributed by atoms with Crippen molar-refractivity contribution in [2.75, 3.05) is 7.11 Å². The molecular weight excluding hydrogens is 258 g/mol. The molecule has 0 amide bonds. The molecule has 0 radical (unpaired) electrons. The van der Waals surface area contributed by atoms with Crippen LogP contribution in [0.2, 0.25) is 0 Å². The van der Waals surface area contributed by atoms with Gasteiger partial charge in [0.2, 0.25) is 0 Å². The van der Waals surface area contributed by atoms with Gasteiger partial charge in [-0.15, -0.1) is 0 Å². The molecule has 0 aromatic heterocycles. The van der Waals surface area contributed by atoms with Gasteiger partial charge in [0.15, 0.2) is 0 Å². The summed E-state index contributed by atoms with van der Waals surface area (Å²) in [6.45, 7) is 2.07. The SMILES string of the molecule is COc1ccc(C)cc1CC1(C#N)CCc2ccccc21. The summed E-state index contributed by atoms with van der Waals surface area (Å²) in [6.07, 6.45) is 2.59. The molecule has 2 nitrogen and oxygen atoms in total. The average molecular weight is 277 g/mol. The van der Waals surface area contributed by atoms with Crippen molar-refractivity contribution in [1.82, 2.24) is 0 Å². The topological polar surface area (TPSA) is 33.0 Å². The Kier molecular flexibility index (Phi) is 3.43. The first-order chi connectivity index (χ1) is 10.2. The van der Waals surface area contributed by atoms with Gasteiger partial charge in [0.05, 0.1) is 18.6 Å². The summed E-state index contributed by atoms with van der Waals surface area (Å²) >= 11 is 0. The Balaban J connectivity index is 2.05. The van der Waals surface area contributed by atoms with E-state index in [4.69, 9.17) is 4.74 Å². The number of ether oxygens (including phenoxy) is 1. The van der Waals surface area contributed by atoms with Gasteiger partial charge in [-0.1, -0.05) is 42.0 Å². The number of benzene rings is 2. The van der Waals surface area contributed by atoms with Crippen LogP contribution in [0.25, 0.3) is 0 Å². The van der Waals surface area contributed by atoms with E-state index in [9.17, 15) is 5.26 Å². The highest BCUT2D eigenvalue weighted by atomic mass is 16.5. The molecule has 1 aliphatic rings. The Labute approximate surface area is 126 Å². The summed E-state index contributed by atoms with van der Waals surface area (Å²) in [5, 5.41) is 9.87. The summed E-state index contributed by atoms with van der Waals surface area (Å²) in [5.41, 5.74) is 4.40. The summed E-state index contributed by atoms with van der Waals surface area (Å²) in [5.74, 6) is 0.875. The maximum atomic E-state index is 9.87. The third kappa shape index (κ3) is 2.29. The molecule has 2 heteroatoms. The first kappa shape index (κ1) is 13.7. The van der Waals surface area contributed by atoms with Crippen LogP contribution in [0.1, 0.15) is 28.7 Å². The fourth-order valence-electron chi connectivity index (χ4n) is 3.40. The zero-order chi connectivity index (χ0) is 14.9. The molecule has 1 atom stereocenters. The molecule has 3 rings (SSSR count). The van der Waals surface area contributed by atoms with Crippen molar-refractivity contribution in [2.24, 2.45) is 0 Å². The van der Waals surface area contributed by atoms with Gasteiger partial charge in [-0.25, -0.2) is 0 Å². The Morgan fingerprint density at radius 2 is 2.05 bits per heavy atom. The van der Waals surface area contributed by atoms with Crippen molar-refractivity contribution < 1.29 is 4.74 Å². The molecule has 1 unspecified atom stereocenters. The van der Waals surface area contributed by atoms with Crippen LogP contribution in [0.3, 0.4) is 0 Å². The van der Waals surface area contributed by atoms with E-state index in [0.29, 0.717) is 6.42 Å². The van der Waals surface area contributed by atoms with Crippen LogP contribution in [0.5, 0.6) is 5.75 Å². The normalized spacial score (nSPS) is 19.9. The summed E-state index contributed by atoms with van der Waals surface area (Å²) < 4.78 is 5.48. The highest BCUT2D eigenvalue weighted by Gasteiger charge is 2.39. The summed E-state index contributed by atoms with van der Waals surface area (Å²) in [6, 6.07) is 17.1. The molecular formula is C19H19NO. The van der Waals surface area contributed by atoms with Crippen LogP contribution >= 0.6 is 0 Å². The molecule has 0 aliphatic heterocycles. The number of fused-ring (bicyclic) bond motifs is 1. The molecule has 21 heavy (non-hydrogen) atoms. The van der Waals surface area contributed by atoms with E-state index in [-0.39, 0.29) is 0 Å². The van der Waals surface area contributed by atoms with Crippen molar-refractivity contribution in [2.45, 2.75) is 31.6 Å². The van der Waals surface area contributed by atoms with E-state index in [0.717, 1.165) is 24.2 Å². The monoisotopic (exact) mass is 277 g/mol. The van der Waals surface area contributed by atoms with E-state index in [1.54, 1.807) is 7.11 Å². The number of hydrogen-bond donors (Lipinski definition) is 0. The van der Waals surface area contributed by atoms with Gasteiger partial charge in [0, 0.05) is 0 Å². The van der Waals surface area contributed by atoms with E-state index < -0.39 is 5.41 Å². The predicted octanol–water partition coefficient (Wildman–Crippen LogP) is 3.95. The van der Waals surface area contributed by atoms with Gasteiger partial charge in [-0.3, -0.25) is 0 Å². The first-order valence-electron chi connectivity index (χ1n) is 7.32.